The first-order valence-electron chi connectivity index (χ1n) is 5.24. The smallest absolute Gasteiger partial charge is 0.106 e. The highest BCUT2D eigenvalue weighted by Gasteiger charge is 2.20. The second-order valence-corrected chi connectivity index (χ2v) is 3.11. The summed E-state index contributed by atoms with van der Waals surface area (Å²) in [6.07, 6.45) is 0.551. The molecule has 0 aliphatic carbocycles. The van der Waals surface area contributed by atoms with Crippen molar-refractivity contribution >= 4 is 0 Å². The fourth-order valence-electron chi connectivity index (χ4n) is 1.28. The predicted octanol–water partition coefficient (Wildman–Crippen LogP) is -0.202. The first kappa shape index (κ1) is 14.8. The van der Waals surface area contributed by atoms with Gasteiger partial charge in [0.1, 0.15) is 6.10 Å². The Morgan fingerprint density at radius 2 is 1.73 bits per heavy atom. The highest BCUT2D eigenvalue weighted by molar-refractivity contribution is 4.68. The van der Waals surface area contributed by atoms with Gasteiger partial charge >= 0.3 is 0 Å². The minimum atomic E-state index is -0.159. The minimum Gasteiger partial charge on any atom is -0.394 e. The largest absolute Gasteiger partial charge is 0.394 e. The normalized spacial score (nSPS) is 15.2. The molecule has 0 saturated heterocycles. The van der Waals surface area contributed by atoms with Gasteiger partial charge in [0.25, 0.3) is 0 Å². The van der Waals surface area contributed by atoms with E-state index in [0.29, 0.717) is 19.8 Å². The zero-order chi connectivity index (χ0) is 11.5. The van der Waals surface area contributed by atoms with Gasteiger partial charge < -0.3 is 24.4 Å². The summed E-state index contributed by atoms with van der Waals surface area (Å²) in [4.78, 5) is 0. The Morgan fingerprint density at radius 3 is 2.20 bits per heavy atom. The lowest BCUT2D eigenvalue weighted by Gasteiger charge is -2.24. The minimum absolute atomic E-state index is 0.00440. The quantitative estimate of drug-likeness (QED) is 0.501. The maximum absolute atomic E-state index is 8.65. The van der Waals surface area contributed by atoms with Crippen molar-refractivity contribution in [1.29, 1.82) is 0 Å². The van der Waals surface area contributed by atoms with Crippen LogP contribution >= 0.6 is 0 Å². The molecule has 0 aliphatic heterocycles. The number of aliphatic hydroxyl groups excluding tert-OH is 2. The average Bonchev–Trinajstić information content (AvgIpc) is 2.27. The highest BCUT2D eigenvalue weighted by atomic mass is 16.6. The van der Waals surface area contributed by atoms with Gasteiger partial charge in [-0.3, -0.25) is 0 Å². The van der Waals surface area contributed by atoms with Gasteiger partial charge in [-0.25, -0.2) is 0 Å². The molecule has 0 aliphatic rings. The maximum Gasteiger partial charge on any atom is 0.106 e. The van der Waals surface area contributed by atoms with Crippen LogP contribution < -0.4 is 0 Å². The summed E-state index contributed by atoms with van der Waals surface area (Å²) in [6, 6.07) is 0. The van der Waals surface area contributed by atoms with E-state index in [0.717, 1.165) is 6.42 Å². The van der Waals surface area contributed by atoms with E-state index < -0.39 is 0 Å². The first-order valence-corrected chi connectivity index (χ1v) is 5.24. The molecule has 2 N–H and O–H groups in total. The topological polar surface area (TPSA) is 68.2 Å². The Kier molecular flexibility index (Phi) is 10.2. The van der Waals surface area contributed by atoms with Gasteiger partial charge in [-0.1, -0.05) is 6.92 Å². The summed E-state index contributed by atoms with van der Waals surface area (Å²) < 4.78 is 15.8. The van der Waals surface area contributed by atoms with Crippen LogP contribution in [0.1, 0.15) is 13.3 Å². The van der Waals surface area contributed by atoms with Gasteiger partial charge in [0.2, 0.25) is 0 Å². The molecule has 0 amide bonds. The van der Waals surface area contributed by atoms with Crippen molar-refractivity contribution in [3.63, 3.8) is 0 Å². The van der Waals surface area contributed by atoms with Crippen LogP contribution in [0.15, 0.2) is 0 Å². The van der Waals surface area contributed by atoms with E-state index in [1.807, 2.05) is 6.92 Å². The van der Waals surface area contributed by atoms with E-state index in [1.54, 1.807) is 7.11 Å². The molecule has 2 unspecified atom stereocenters. The first-order chi connectivity index (χ1) is 7.29. The van der Waals surface area contributed by atoms with Crippen LogP contribution in [0.4, 0.5) is 0 Å². The molecule has 5 heteroatoms. The Bertz CT molecular complexity index is 131. The van der Waals surface area contributed by atoms with Gasteiger partial charge in [-0.2, -0.15) is 0 Å². The summed E-state index contributed by atoms with van der Waals surface area (Å²) in [5, 5.41) is 17.2. The van der Waals surface area contributed by atoms with Crippen LogP contribution in [0.25, 0.3) is 0 Å². The fourth-order valence-corrected chi connectivity index (χ4v) is 1.28. The number of hydrogen-bond acceptors (Lipinski definition) is 5. The third-order valence-electron chi connectivity index (χ3n) is 2.06. The summed E-state index contributed by atoms with van der Waals surface area (Å²) in [6.45, 7) is 2.99. The van der Waals surface area contributed by atoms with Gasteiger partial charge in [-0.05, 0) is 6.42 Å². The molecule has 0 bridgehead atoms. The standard InChI is InChI=1S/C10H22O5/c1-3-9(15-7-5-12)10(13-2)8-14-6-4-11/h9-12H,3-8H2,1-2H3. The Hall–Kier alpha value is -0.200. The molecule has 0 rings (SSSR count). The second kappa shape index (κ2) is 10.3. The van der Waals surface area contributed by atoms with Crippen LogP contribution in [-0.2, 0) is 14.2 Å². The van der Waals surface area contributed by atoms with Crippen molar-refractivity contribution in [2.45, 2.75) is 25.6 Å². The monoisotopic (exact) mass is 222 g/mol. The van der Waals surface area contributed by atoms with Crippen molar-refractivity contribution < 1.29 is 24.4 Å². The van der Waals surface area contributed by atoms with Crippen molar-refractivity contribution in [2.24, 2.45) is 0 Å². The SMILES string of the molecule is CCC(OCCO)C(COCCO)OC. The van der Waals surface area contributed by atoms with Gasteiger partial charge in [-0.15, -0.1) is 0 Å². The van der Waals surface area contributed by atoms with E-state index >= 15 is 0 Å². The van der Waals surface area contributed by atoms with Gasteiger partial charge in [0.05, 0.1) is 39.1 Å². The Labute approximate surface area is 91.0 Å². The molecule has 0 heterocycles. The third kappa shape index (κ3) is 6.81. The van der Waals surface area contributed by atoms with E-state index in [1.165, 1.54) is 0 Å². The molecule has 0 aromatic rings. The van der Waals surface area contributed by atoms with Crippen LogP contribution in [0.3, 0.4) is 0 Å². The van der Waals surface area contributed by atoms with Crippen LogP contribution in [0, 0.1) is 0 Å². The molecule has 92 valence electrons. The summed E-state index contributed by atoms with van der Waals surface area (Å²) in [7, 11) is 1.60. The molecule has 15 heavy (non-hydrogen) atoms. The van der Waals surface area contributed by atoms with Gasteiger partial charge in [0, 0.05) is 7.11 Å². The molecule has 5 nitrogen and oxygen atoms in total. The summed E-state index contributed by atoms with van der Waals surface area (Å²) in [5.74, 6) is 0. The lowest BCUT2D eigenvalue weighted by molar-refractivity contribution is -0.0971. The Morgan fingerprint density at radius 1 is 1.07 bits per heavy atom. The molecule has 2 atom stereocenters. The summed E-state index contributed by atoms with van der Waals surface area (Å²) in [5.41, 5.74) is 0. The van der Waals surface area contributed by atoms with Gasteiger partial charge in [0.15, 0.2) is 0 Å². The van der Waals surface area contributed by atoms with Crippen molar-refractivity contribution in [3.8, 4) is 0 Å². The molecule has 0 saturated carbocycles. The molecular weight excluding hydrogens is 200 g/mol. The number of hydrogen-bond donors (Lipinski definition) is 2. The second-order valence-electron chi connectivity index (χ2n) is 3.11. The molecule has 0 radical (unpaired) electrons. The number of rotatable bonds is 10. The molecule has 0 aromatic heterocycles. The van der Waals surface area contributed by atoms with E-state index in [2.05, 4.69) is 0 Å². The lowest BCUT2D eigenvalue weighted by Crippen LogP contribution is -2.35. The fraction of sp³-hybridized carbons (Fsp3) is 1.00. The number of aliphatic hydroxyl groups is 2. The van der Waals surface area contributed by atoms with Crippen LogP contribution in [0.5, 0.6) is 0 Å². The number of methoxy groups -OCH3 is 1. The van der Waals surface area contributed by atoms with Crippen molar-refractivity contribution in [3.05, 3.63) is 0 Å². The Balaban J connectivity index is 3.85. The third-order valence-corrected chi connectivity index (χ3v) is 2.06. The molecule has 0 fully saturated rings. The zero-order valence-corrected chi connectivity index (χ0v) is 9.52. The van der Waals surface area contributed by atoms with Crippen LogP contribution in [0.2, 0.25) is 0 Å². The molecular formula is C10H22O5. The van der Waals surface area contributed by atoms with E-state index in [4.69, 9.17) is 24.4 Å². The molecule has 0 spiro atoms. The summed E-state index contributed by atoms with van der Waals surface area (Å²) >= 11 is 0. The number of ether oxygens (including phenoxy) is 3. The van der Waals surface area contributed by atoms with Crippen LogP contribution in [-0.4, -0.2) is 62.6 Å². The molecule has 0 aromatic carbocycles. The highest BCUT2D eigenvalue weighted by Crippen LogP contribution is 2.08. The predicted molar refractivity (Wildman–Crippen MR) is 55.8 cm³/mol. The average molecular weight is 222 g/mol. The van der Waals surface area contributed by atoms with Crippen molar-refractivity contribution in [2.75, 3.05) is 40.1 Å². The van der Waals surface area contributed by atoms with Crippen molar-refractivity contribution in [1.82, 2.24) is 0 Å². The lowest BCUT2D eigenvalue weighted by atomic mass is 10.1. The van der Waals surface area contributed by atoms with E-state index in [9.17, 15) is 0 Å². The maximum atomic E-state index is 8.65. The van der Waals surface area contributed by atoms with E-state index in [-0.39, 0.29) is 25.4 Å². The zero-order valence-electron chi connectivity index (χ0n) is 9.52.